The van der Waals surface area contributed by atoms with Gasteiger partial charge >= 0.3 is 0 Å². The Kier molecular flexibility index (Phi) is 2.19. The van der Waals surface area contributed by atoms with Crippen LogP contribution in [0.25, 0.3) is 0 Å². The molecule has 13 heavy (non-hydrogen) atoms. The van der Waals surface area contributed by atoms with Gasteiger partial charge in [-0.25, -0.2) is 4.98 Å². The van der Waals surface area contributed by atoms with Gasteiger partial charge in [-0.3, -0.25) is 4.79 Å². The average molecular weight is 198 g/mol. The predicted molar refractivity (Wildman–Crippen MR) is 48.3 cm³/mol. The fraction of sp³-hybridized carbons (Fsp3) is 0.333. The Hall–Kier alpha value is -1.09. The number of aldehydes is 1. The Labute approximate surface area is 80.7 Å². The summed E-state index contributed by atoms with van der Waals surface area (Å²) in [6, 6.07) is 1.62. The first kappa shape index (κ1) is 8.51. The second kappa shape index (κ2) is 3.34. The number of pyridine rings is 1. The third kappa shape index (κ3) is 1.80. The second-order valence-electron chi connectivity index (χ2n) is 2.94. The smallest absolute Gasteiger partial charge is 0.172 e. The third-order valence-electron chi connectivity index (χ3n) is 1.80. The van der Waals surface area contributed by atoms with Crippen molar-refractivity contribution in [2.24, 2.45) is 0 Å². The zero-order valence-electron chi connectivity index (χ0n) is 6.87. The summed E-state index contributed by atoms with van der Waals surface area (Å²) in [4.78, 5) is 14.4. The topological polar surface area (TPSA) is 39.2 Å². The SMILES string of the molecule is O=Cc1nccc(Cl)c1OC1CC1. The minimum absolute atomic E-state index is 0.223. The number of hydrogen-bond donors (Lipinski definition) is 0. The monoisotopic (exact) mass is 197 g/mol. The summed E-state index contributed by atoms with van der Waals surface area (Å²) in [5.41, 5.74) is 0.277. The lowest BCUT2D eigenvalue weighted by Gasteiger charge is -2.07. The maximum absolute atomic E-state index is 10.6. The first-order valence-corrected chi connectivity index (χ1v) is 4.45. The molecule has 0 unspecified atom stereocenters. The Morgan fingerprint density at radius 1 is 1.62 bits per heavy atom. The lowest BCUT2D eigenvalue weighted by Crippen LogP contribution is -2.01. The summed E-state index contributed by atoms with van der Waals surface area (Å²) < 4.78 is 5.45. The van der Waals surface area contributed by atoms with Crippen LogP contribution in [-0.2, 0) is 0 Å². The van der Waals surface area contributed by atoms with Gasteiger partial charge in [-0.2, -0.15) is 0 Å². The molecule has 0 N–H and O–H groups in total. The van der Waals surface area contributed by atoms with Crippen LogP contribution in [0.3, 0.4) is 0 Å². The molecule has 0 aromatic carbocycles. The molecule has 1 aliphatic carbocycles. The van der Waals surface area contributed by atoms with Crippen LogP contribution in [0.4, 0.5) is 0 Å². The van der Waals surface area contributed by atoms with Crippen molar-refractivity contribution < 1.29 is 9.53 Å². The molecule has 1 fully saturated rings. The number of hydrogen-bond acceptors (Lipinski definition) is 3. The van der Waals surface area contributed by atoms with Gasteiger partial charge in [0.15, 0.2) is 12.0 Å². The third-order valence-corrected chi connectivity index (χ3v) is 2.10. The van der Waals surface area contributed by atoms with Crippen molar-refractivity contribution >= 4 is 17.9 Å². The minimum Gasteiger partial charge on any atom is -0.486 e. The molecule has 0 spiro atoms. The highest BCUT2D eigenvalue weighted by molar-refractivity contribution is 6.32. The molecular formula is C9H8ClNO2. The minimum atomic E-state index is 0.223. The fourth-order valence-corrected chi connectivity index (χ4v) is 1.19. The molecule has 1 aromatic rings. The number of rotatable bonds is 3. The number of ether oxygens (including phenoxy) is 1. The maximum Gasteiger partial charge on any atom is 0.172 e. The van der Waals surface area contributed by atoms with Crippen LogP contribution < -0.4 is 4.74 Å². The molecule has 0 atom stereocenters. The van der Waals surface area contributed by atoms with E-state index in [9.17, 15) is 4.79 Å². The molecule has 0 radical (unpaired) electrons. The molecule has 0 aliphatic heterocycles. The van der Waals surface area contributed by atoms with Gasteiger partial charge in [-0.15, -0.1) is 0 Å². The van der Waals surface area contributed by atoms with Crippen molar-refractivity contribution in [1.29, 1.82) is 0 Å². The molecule has 68 valence electrons. The molecule has 0 bridgehead atoms. The predicted octanol–water partition coefficient (Wildman–Crippen LogP) is 2.09. The van der Waals surface area contributed by atoms with Gasteiger partial charge in [0.05, 0.1) is 11.1 Å². The summed E-state index contributed by atoms with van der Waals surface area (Å²) in [7, 11) is 0. The van der Waals surface area contributed by atoms with Crippen molar-refractivity contribution in [3.63, 3.8) is 0 Å². The van der Waals surface area contributed by atoms with Crippen LogP contribution in [0.2, 0.25) is 5.02 Å². The van der Waals surface area contributed by atoms with Crippen LogP contribution in [0.1, 0.15) is 23.3 Å². The van der Waals surface area contributed by atoms with E-state index in [4.69, 9.17) is 16.3 Å². The normalized spacial score (nSPS) is 15.5. The van der Waals surface area contributed by atoms with E-state index in [0.29, 0.717) is 17.1 Å². The van der Waals surface area contributed by atoms with Crippen molar-refractivity contribution in [3.05, 3.63) is 23.0 Å². The summed E-state index contributed by atoms with van der Waals surface area (Å²) in [6.07, 6.45) is 4.43. The Morgan fingerprint density at radius 2 is 2.38 bits per heavy atom. The highest BCUT2D eigenvalue weighted by Gasteiger charge is 2.25. The highest BCUT2D eigenvalue weighted by atomic mass is 35.5. The molecule has 2 rings (SSSR count). The molecule has 0 saturated heterocycles. The van der Waals surface area contributed by atoms with Crippen LogP contribution >= 0.6 is 11.6 Å². The van der Waals surface area contributed by atoms with E-state index in [1.54, 1.807) is 6.07 Å². The number of nitrogens with zero attached hydrogens (tertiary/aromatic N) is 1. The summed E-state index contributed by atoms with van der Waals surface area (Å²) in [5.74, 6) is 0.418. The van der Waals surface area contributed by atoms with Crippen LogP contribution in [-0.4, -0.2) is 17.4 Å². The van der Waals surface area contributed by atoms with E-state index in [1.165, 1.54) is 6.20 Å². The van der Waals surface area contributed by atoms with Crippen molar-refractivity contribution in [2.45, 2.75) is 18.9 Å². The van der Waals surface area contributed by atoms with E-state index in [0.717, 1.165) is 12.8 Å². The first-order chi connectivity index (χ1) is 6.31. The molecule has 1 aromatic heterocycles. The Morgan fingerprint density at radius 3 is 3.00 bits per heavy atom. The summed E-state index contributed by atoms with van der Waals surface area (Å²) in [5, 5.41) is 0.448. The van der Waals surface area contributed by atoms with Crippen molar-refractivity contribution in [2.75, 3.05) is 0 Å². The average Bonchev–Trinajstić information content (AvgIpc) is 2.92. The zero-order valence-corrected chi connectivity index (χ0v) is 7.62. The van der Waals surface area contributed by atoms with Crippen LogP contribution in [0, 0.1) is 0 Å². The summed E-state index contributed by atoms with van der Waals surface area (Å²) in [6.45, 7) is 0. The van der Waals surface area contributed by atoms with Gasteiger partial charge in [0.25, 0.3) is 0 Å². The molecule has 1 aliphatic rings. The standard InChI is InChI=1S/C9H8ClNO2/c10-7-3-4-11-8(5-12)9(7)13-6-1-2-6/h3-6H,1-2H2. The quantitative estimate of drug-likeness (QED) is 0.697. The van der Waals surface area contributed by atoms with Crippen molar-refractivity contribution in [3.8, 4) is 5.75 Å². The zero-order chi connectivity index (χ0) is 9.26. The molecule has 3 nitrogen and oxygen atoms in total. The first-order valence-electron chi connectivity index (χ1n) is 4.07. The molecule has 1 saturated carbocycles. The van der Waals surface area contributed by atoms with E-state index in [-0.39, 0.29) is 11.8 Å². The Bertz CT molecular complexity index is 336. The molecular weight excluding hydrogens is 190 g/mol. The second-order valence-corrected chi connectivity index (χ2v) is 3.35. The molecule has 1 heterocycles. The molecule has 4 heteroatoms. The number of carbonyl (C=O) groups excluding carboxylic acids is 1. The van der Waals surface area contributed by atoms with Gasteiger partial charge in [0, 0.05) is 6.20 Å². The molecule has 0 amide bonds. The van der Waals surface area contributed by atoms with E-state index >= 15 is 0 Å². The fourth-order valence-electron chi connectivity index (χ4n) is 0.993. The largest absolute Gasteiger partial charge is 0.486 e. The lowest BCUT2D eigenvalue weighted by atomic mass is 10.3. The van der Waals surface area contributed by atoms with Gasteiger partial charge in [0.1, 0.15) is 5.69 Å². The van der Waals surface area contributed by atoms with E-state index in [1.807, 2.05) is 0 Å². The van der Waals surface area contributed by atoms with Gasteiger partial charge < -0.3 is 4.74 Å². The number of carbonyl (C=O) groups is 1. The van der Waals surface area contributed by atoms with E-state index in [2.05, 4.69) is 4.98 Å². The maximum atomic E-state index is 10.6. The van der Waals surface area contributed by atoms with E-state index < -0.39 is 0 Å². The van der Waals surface area contributed by atoms with Crippen molar-refractivity contribution in [1.82, 2.24) is 4.98 Å². The van der Waals surface area contributed by atoms with Crippen LogP contribution in [0.5, 0.6) is 5.75 Å². The highest BCUT2D eigenvalue weighted by Crippen LogP contribution is 2.32. The van der Waals surface area contributed by atoms with Gasteiger partial charge in [-0.05, 0) is 18.9 Å². The van der Waals surface area contributed by atoms with Gasteiger partial charge in [-0.1, -0.05) is 11.6 Å². The summed E-state index contributed by atoms with van der Waals surface area (Å²) >= 11 is 5.86. The lowest BCUT2D eigenvalue weighted by molar-refractivity contribution is 0.111. The number of halogens is 1. The van der Waals surface area contributed by atoms with Gasteiger partial charge in [0.2, 0.25) is 0 Å². The Balaban J connectivity index is 2.32. The number of aromatic nitrogens is 1. The van der Waals surface area contributed by atoms with Crippen LogP contribution in [0.15, 0.2) is 12.3 Å².